The highest BCUT2D eigenvalue weighted by molar-refractivity contribution is 5.68. The van der Waals surface area contributed by atoms with E-state index in [2.05, 4.69) is 6.92 Å². The van der Waals surface area contributed by atoms with E-state index < -0.39 is 5.60 Å². The van der Waals surface area contributed by atoms with E-state index in [1.165, 1.54) is 32.1 Å². The molecule has 1 fully saturated rings. The molecule has 0 radical (unpaired) electrons. The fourth-order valence-corrected chi connectivity index (χ4v) is 2.88. The van der Waals surface area contributed by atoms with Crippen LogP contribution in [0.15, 0.2) is 0 Å². The predicted octanol–water partition coefficient (Wildman–Crippen LogP) is 3.70. The Balaban J connectivity index is 2.42. The van der Waals surface area contributed by atoms with Crippen molar-refractivity contribution >= 4 is 6.09 Å². The molecule has 0 aliphatic carbocycles. The number of nitrogens with two attached hydrogens (primary N) is 1. The zero-order chi connectivity index (χ0) is 17.3. The van der Waals surface area contributed by atoms with E-state index in [4.69, 9.17) is 15.2 Å². The number of unbranched alkanes of at least 4 members (excludes halogenated alkanes) is 5. The van der Waals surface area contributed by atoms with E-state index in [1.54, 1.807) is 4.90 Å². The fourth-order valence-electron chi connectivity index (χ4n) is 2.88. The molecule has 2 unspecified atom stereocenters. The lowest BCUT2D eigenvalue weighted by molar-refractivity contribution is -0.0386. The van der Waals surface area contributed by atoms with Crippen LogP contribution in [0.5, 0.6) is 0 Å². The van der Waals surface area contributed by atoms with Gasteiger partial charge in [-0.3, -0.25) is 4.90 Å². The largest absolute Gasteiger partial charge is 0.444 e. The Bertz CT molecular complexity index is 342. The van der Waals surface area contributed by atoms with E-state index in [9.17, 15) is 4.79 Å². The molecule has 0 saturated carbocycles. The summed E-state index contributed by atoms with van der Waals surface area (Å²) in [4.78, 5) is 14.1. The minimum atomic E-state index is -0.483. The van der Waals surface area contributed by atoms with Crippen LogP contribution in [0.4, 0.5) is 4.79 Å². The van der Waals surface area contributed by atoms with Gasteiger partial charge in [0.1, 0.15) is 5.60 Å². The third-order valence-electron chi connectivity index (χ3n) is 4.18. The van der Waals surface area contributed by atoms with Gasteiger partial charge in [-0.2, -0.15) is 0 Å². The van der Waals surface area contributed by atoms with E-state index in [1.807, 2.05) is 20.8 Å². The maximum absolute atomic E-state index is 12.4. The van der Waals surface area contributed by atoms with Crippen molar-refractivity contribution in [3.63, 3.8) is 0 Å². The lowest BCUT2D eigenvalue weighted by Gasteiger charge is -2.39. The van der Waals surface area contributed by atoms with E-state index in [-0.39, 0.29) is 18.2 Å². The molecule has 1 aliphatic rings. The normalized spacial score (nSPS) is 20.4. The van der Waals surface area contributed by atoms with E-state index >= 15 is 0 Å². The Morgan fingerprint density at radius 3 is 2.57 bits per heavy atom. The van der Waals surface area contributed by atoms with Gasteiger partial charge in [0.05, 0.1) is 19.3 Å². The Kier molecular flexibility index (Phi) is 8.92. The van der Waals surface area contributed by atoms with Crippen molar-refractivity contribution in [1.82, 2.24) is 4.90 Å². The van der Waals surface area contributed by atoms with Gasteiger partial charge in [0.15, 0.2) is 0 Å². The Labute approximate surface area is 141 Å². The second-order valence-electron chi connectivity index (χ2n) is 7.54. The van der Waals surface area contributed by atoms with E-state index in [0.717, 1.165) is 12.8 Å². The molecule has 2 N–H and O–H groups in total. The molecule has 5 heteroatoms. The molecular formula is C18H36N2O3. The van der Waals surface area contributed by atoms with Crippen molar-refractivity contribution < 1.29 is 14.3 Å². The second kappa shape index (κ2) is 10.1. The average Bonchev–Trinajstić information content (AvgIpc) is 2.49. The van der Waals surface area contributed by atoms with Crippen molar-refractivity contribution in [3.05, 3.63) is 0 Å². The summed E-state index contributed by atoms with van der Waals surface area (Å²) in [5.74, 6) is 0. The summed E-state index contributed by atoms with van der Waals surface area (Å²) in [5, 5.41) is 0. The van der Waals surface area contributed by atoms with Gasteiger partial charge >= 0.3 is 6.09 Å². The molecule has 0 aromatic rings. The van der Waals surface area contributed by atoms with Crippen molar-refractivity contribution in [1.29, 1.82) is 0 Å². The quantitative estimate of drug-likeness (QED) is 0.690. The third kappa shape index (κ3) is 8.02. The molecule has 23 heavy (non-hydrogen) atoms. The Morgan fingerprint density at radius 1 is 1.26 bits per heavy atom. The summed E-state index contributed by atoms with van der Waals surface area (Å²) in [5.41, 5.74) is 5.87. The van der Waals surface area contributed by atoms with Crippen LogP contribution in [0, 0.1) is 0 Å². The van der Waals surface area contributed by atoms with Crippen LogP contribution in [-0.4, -0.2) is 48.4 Å². The number of ether oxygens (including phenoxy) is 2. The highest BCUT2D eigenvalue weighted by Gasteiger charge is 2.34. The monoisotopic (exact) mass is 328 g/mol. The van der Waals surface area contributed by atoms with Crippen LogP contribution in [0.3, 0.4) is 0 Å². The van der Waals surface area contributed by atoms with Crippen molar-refractivity contribution in [2.45, 2.75) is 90.3 Å². The molecular weight excluding hydrogens is 292 g/mol. The molecule has 2 atom stereocenters. The molecule has 1 amide bonds. The highest BCUT2D eigenvalue weighted by atomic mass is 16.6. The molecule has 0 spiro atoms. The number of morpholine rings is 1. The van der Waals surface area contributed by atoms with Crippen LogP contribution in [0.25, 0.3) is 0 Å². The molecule has 1 rings (SSSR count). The van der Waals surface area contributed by atoms with Gasteiger partial charge in [-0.05, 0) is 27.2 Å². The zero-order valence-electron chi connectivity index (χ0n) is 15.5. The van der Waals surface area contributed by atoms with Gasteiger partial charge in [-0.1, -0.05) is 45.4 Å². The molecule has 1 saturated heterocycles. The lowest BCUT2D eigenvalue weighted by atomic mass is 9.99. The highest BCUT2D eigenvalue weighted by Crippen LogP contribution is 2.18. The van der Waals surface area contributed by atoms with Gasteiger partial charge in [-0.25, -0.2) is 4.79 Å². The van der Waals surface area contributed by atoms with Crippen LogP contribution < -0.4 is 5.73 Å². The van der Waals surface area contributed by atoms with Crippen LogP contribution in [0.1, 0.15) is 72.6 Å². The maximum atomic E-state index is 12.4. The molecule has 1 heterocycles. The van der Waals surface area contributed by atoms with Gasteiger partial charge < -0.3 is 15.2 Å². The Hall–Kier alpha value is -0.810. The lowest BCUT2D eigenvalue weighted by Crippen LogP contribution is -2.57. The first kappa shape index (κ1) is 20.2. The van der Waals surface area contributed by atoms with Crippen molar-refractivity contribution in [2.24, 2.45) is 5.73 Å². The SMILES string of the molecule is CCCCCCCCC(N)C1COCCN1C(=O)OC(C)(C)C. The summed E-state index contributed by atoms with van der Waals surface area (Å²) in [7, 11) is 0. The first-order chi connectivity index (χ1) is 10.8. The number of amides is 1. The van der Waals surface area contributed by atoms with Crippen LogP contribution in [0.2, 0.25) is 0 Å². The first-order valence-corrected chi connectivity index (χ1v) is 9.18. The number of nitrogens with zero attached hydrogens (tertiary/aromatic N) is 1. The molecule has 0 bridgehead atoms. The maximum Gasteiger partial charge on any atom is 0.410 e. The number of carbonyl (C=O) groups excluding carboxylic acids is 1. The van der Waals surface area contributed by atoms with Gasteiger partial charge in [0, 0.05) is 12.6 Å². The van der Waals surface area contributed by atoms with Gasteiger partial charge in [-0.15, -0.1) is 0 Å². The van der Waals surface area contributed by atoms with Crippen LogP contribution in [-0.2, 0) is 9.47 Å². The topological polar surface area (TPSA) is 64.8 Å². The predicted molar refractivity (Wildman–Crippen MR) is 93.5 cm³/mol. The molecule has 1 aliphatic heterocycles. The summed E-state index contributed by atoms with van der Waals surface area (Å²) in [6.07, 6.45) is 8.15. The third-order valence-corrected chi connectivity index (χ3v) is 4.18. The fraction of sp³-hybridized carbons (Fsp3) is 0.944. The number of hydrogen-bond acceptors (Lipinski definition) is 4. The van der Waals surface area contributed by atoms with Gasteiger partial charge in [0.2, 0.25) is 0 Å². The summed E-state index contributed by atoms with van der Waals surface area (Å²) in [6.45, 7) is 9.51. The average molecular weight is 328 g/mol. The molecule has 5 nitrogen and oxygen atoms in total. The zero-order valence-corrected chi connectivity index (χ0v) is 15.5. The molecule has 0 aromatic heterocycles. The van der Waals surface area contributed by atoms with Crippen molar-refractivity contribution in [3.8, 4) is 0 Å². The number of rotatable bonds is 8. The van der Waals surface area contributed by atoms with Crippen LogP contribution >= 0.6 is 0 Å². The minimum absolute atomic E-state index is 0.0472. The number of hydrogen-bond donors (Lipinski definition) is 1. The first-order valence-electron chi connectivity index (χ1n) is 9.18. The standard InChI is InChI=1S/C18H36N2O3/c1-5-6-7-8-9-10-11-15(19)16-14-22-13-12-20(16)17(21)23-18(2,3)4/h15-16H,5-14,19H2,1-4H3. The van der Waals surface area contributed by atoms with Crippen molar-refractivity contribution in [2.75, 3.05) is 19.8 Å². The summed E-state index contributed by atoms with van der Waals surface area (Å²) < 4.78 is 11.0. The summed E-state index contributed by atoms with van der Waals surface area (Å²) >= 11 is 0. The van der Waals surface area contributed by atoms with E-state index in [0.29, 0.717) is 19.8 Å². The Morgan fingerprint density at radius 2 is 1.91 bits per heavy atom. The summed E-state index contributed by atoms with van der Waals surface area (Å²) in [6, 6.07) is -0.122. The van der Waals surface area contributed by atoms with Gasteiger partial charge in [0.25, 0.3) is 0 Å². The molecule has 0 aromatic carbocycles. The smallest absolute Gasteiger partial charge is 0.410 e. The second-order valence-corrected chi connectivity index (χ2v) is 7.54. The number of carbonyl (C=O) groups is 1. The molecule has 136 valence electrons. The minimum Gasteiger partial charge on any atom is -0.444 e.